The summed E-state index contributed by atoms with van der Waals surface area (Å²) < 4.78 is 4.86. The van der Waals surface area contributed by atoms with Crippen LogP contribution in [-0.2, 0) is 9.53 Å². The highest BCUT2D eigenvalue weighted by molar-refractivity contribution is 5.90. The molecule has 0 aromatic rings. The van der Waals surface area contributed by atoms with Crippen molar-refractivity contribution in [2.45, 2.75) is 31.7 Å². The molecule has 6 nitrogen and oxygen atoms in total. The summed E-state index contributed by atoms with van der Waals surface area (Å²) in [7, 11) is 1.60. The van der Waals surface area contributed by atoms with Crippen molar-refractivity contribution in [1.82, 2.24) is 5.32 Å². The number of carbonyl (C=O) groups is 1. The van der Waals surface area contributed by atoms with E-state index in [1.807, 2.05) is 0 Å². The second-order valence-electron chi connectivity index (χ2n) is 4.00. The summed E-state index contributed by atoms with van der Waals surface area (Å²) in [5.74, 6) is 0.324. The molecule has 1 atom stereocenters. The second-order valence-corrected chi connectivity index (χ2v) is 4.00. The Bertz CT molecular complexity index is 264. The summed E-state index contributed by atoms with van der Waals surface area (Å²) >= 11 is 0. The van der Waals surface area contributed by atoms with Gasteiger partial charge < -0.3 is 21.0 Å². The van der Waals surface area contributed by atoms with Gasteiger partial charge in [-0.3, -0.25) is 4.79 Å². The van der Waals surface area contributed by atoms with Crippen LogP contribution in [0.3, 0.4) is 0 Å². The molecule has 4 N–H and O–H groups in total. The maximum atomic E-state index is 11.5. The number of amidine groups is 1. The summed E-state index contributed by atoms with van der Waals surface area (Å²) in [6.07, 6.45) is 3.10. The fourth-order valence-electron chi connectivity index (χ4n) is 1.55. The summed E-state index contributed by atoms with van der Waals surface area (Å²) in [6.45, 7) is 0.561. The van der Waals surface area contributed by atoms with E-state index in [2.05, 4.69) is 10.5 Å². The van der Waals surface area contributed by atoms with Crippen molar-refractivity contribution in [3.8, 4) is 0 Å². The molecule has 0 saturated heterocycles. The zero-order chi connectivity index (χ0) is 12.0. The fourth-order valence-corrected chi connectivity index (χ4v) is 1.55. The molecule has 1 aliphatic carbocycles. The van der Waals surface area contributed by atoms with E-state index in [1.165, 1.54) is 0 Å². The Morgan fingerprint density at radius 1 is 1.69 bits per heavy atom. The fraction of sp³-hybridized carbons (Fsp3) is 0.800. The molecule has 6 heteroatoms. The average molecular weight is 229 g/mol. The van der Waals surface area contributed by atoms with Crippen molar-refractivity contribution < 1.29 is 14.7 Å². The molecule has 0 bridgehead atoms. The van der Waals surface area contributed by atoms with Crippen LogP contribution in [0.5, 0.6) is 0 Å². The van der Waals surface area contributed by atoms with Gasteiger partial charge in [-0.25, -0.2) is 0 Å². The number of nitrogens with zero attached hydrogens (tertiary/aromatic N) is 1. The normalized spacial score (nSPS) is 18.2. The number of hydrogen-bond acceptors (Lipinski definition) is 4. The van der Waals surface area contributed by atoms with Gasteiger partial charge in [-0.1, -0.05) is 5.16 Å². The van der Waals surface area contributed by atoms with E-state index in [0.29, 0.717) is 25.4 Å². The number of nitrogens with one attached hydrogen (secondary N) is 1. The molecular formula is C10H19N3O3. The van der Waals surface area contributed by atoms with Crippen LogP contribution in [0.1, 0.15) is 25.7 Å². The van der Waals surface area contributed by atoms with Gasteiger partial charge in [0.1, 0.15) is 0 Å². The van der Waals surface area contributed by atoms with Gasteiger partial charge in [0.25, 0.3) is 0 Å². The smallest absolute Gasteiger partial charge is 0.220 e. The highest BCUT2D eigenvalue weighted by atomic mass is 16.5. The van der Waals surface area contributed by atoms with E-state index < -0.39 is 0 Å². The average Bonchev–Trinajstić information content (AvgIpc) is 3.09. The molecule has 0 heterocycles. The first-order valence-electron chi connectivity index (χ1n) is 5.44. The van der Waals surface area contributed by atoms with Gasteiger partial charge in [0, 0.05) is 20.1 Å². The zero-order valence-electron chi connectivity index (χ0n) is 9.48. The van der Waals surface area contributed by atoms with Crippen molar-refractivity contribution in [2.24, 2.45) is 16.8 Å². The highest BCUT2D eigenvalue weighted by Crippen LogP contribution is 2.32. The SMILES string of the molecule is COCCCC(=O)NC(C(N)=NO)C1CC1. The van der Waals surface area contributed by atoms with Gasteiger partial charge >= 0.3 is 0 Å². The van der Waals surface area contributed by atoms with Gasteiger partial charge in [-0.2, -0.15) is 0 Å². The summed E-state index contributed by atoms with van der Waals surface area (Å²) in [5.41, 5.74) is 5.52. The minimum absolute atomic E-state index is 0.0828. The van der Waals surface area contributed by atoms with Crippen molar-refractivity contribution in [1.29, 1.82) is 0 Å². The van der Waals surface area contributed by atoms with E-state index in [9.17, 15) is 4.79 Å². The van der Waals surface area contributed by atoms with E-state index in [-0.39, 0.29) is 17.8 Å². The third-order valence-corrected chi connectivity index (χ3v) is 2.60. The number of methoxy groups -OCH3 is 1. The number of ether oxygens (including phenoxy) is 1. The van der Waals surface area contributed by atoms with Gasteiger partial charge in [0.05, 0.1) is 6.04 Å². The van der Waals surface area contributed by atoms with Crippen LogP contribution < -0.4 is 11.1 Å². The first kappa shape index (κ1) is 12.8. The van der Waals surface area contributed by atoms with E-state index in [4.69, 9.17) is 15.7 Å². The third kappa shape index (κ3) is 4.06. The molecule has 0 aromatic heterocycles. The molecule has 1 amide bonds. The summed E-state index contributed by atoms with van der Waals surface area (Å²) in [4.78, 5) is 11.5. The number of rotatable bonds is 7. The number of hydrogen-bond donors (Lipinski definition) is 3. The van der Waals surface area contributed by atoms with Crippen molar-refractivity contribution >= 4 is 11.7 Å². The van der Waals surface area contributed by atoms with Gasteiger partial charge in [0.2, 0.25) is 5.91 Å². The maximum absolute atomic E-state index is 11.5. The molecule has 92 valence electrons. The Kier molecular flexibility index (Phi) is 5.04. The molecule has 1 unspecified atom stereocenters. The minimum atomic E-state index is -0.319. The summed E-state index contributed by atoms with van der Waals surface area (Å²) in [6, 6.07) is -0.319. The predicted octanol–water partition coefficient (Wildman–Crippen LogP) is 0.0542. The Hall–Kier alpha value is -1.30. The standard InChI is InChI=1S/C10H19N3O3/c1-16-6-2-3-8(14)12-9(7-4-5-7)10(11)13-15/h7,9,15H,2-6H2,1H3,(H2,11,13)(H,12,14). The van der Waals surface area contributed by atoms with Crippen LogP contribution in [0.2, 0.25) is 0 Å². The van der Waals surface area contributed by atoms with Crippen molar-refractivity contribution in [3.05, 3.63) is 0 Å². The largest absolute Gasteiger partial charge is 0.409 e. The van der Waals surface area contributed by atoms with Crippen LogP contribution in [-0.4, -0.2) is 36.7 Å². The molecule has 1 saturated carbocycles. The van der Waals surface area contributed by atoms with E-state index in [0.717, 1.165) is 12.8 Å². The Balaban J connectivity index is 2.33. The second kappa shape index (κ2) is 6.32. The lowest BCUT2D eigenvalue weighted by Crippen LogP contribution is -2.46. The monoisotopic (exact) mass is 229 g/mol. The number of carbonyl (C=O) groups excluding carboxylic acids is 1. The highest BCUT2D eigenvalue weighted by Gasteiger charge is 2.35. The topological polar surface area (TPSA) is 96.9 Å². The first-order valence-corrected chi connectivity index (χ1v) is 5.44. The molecule has 16 heavy (non-hydrogen) atoms. The lowest BCUT2D eigenvalue weighted by Gasteiger charge is -2.16. The predicted molar refractivity (Wildman–Crippen MR) is 59.2 cm³/mol. The van der Waals surface area contributed by atoms with Crippen LogP contribution >= 0.6 is 0 Å². The lowest BCUT2D eigenvalue weighted by atomic mass is 10.1. The Morgan fingerprint density at radius 3 is 2.88 bits per heavy atom. The third-order valence-electron chi connectivity index (χ3n) is 2.60. The first-order chi connectivity index (χ1) is 7.69. The molecule has 1 rings (SSSR count). The van der Waals surface area contributed by atoms with E-state index >= 15 is 0 Å². The van der Waals surface area contributed by atoms with E-state index in [1.54, 1.807) is 7.11 Å². The number of nitrogens with two attached hydrogens (primary N) is 1. The minimum Gasteiger partial charge on any atom is -0.409 e. The lowest BCUT2D eigenvalue weighted by molar-refractivity contribution is -0.121. The molecule has 1 fully saturated rings. The molecule has 0 aromatic carbocycles. The number of amides is 1. The Morgan fingerprint density at radius 2 is 2.38 bits per heavy atom. The maximum Gasteiger partial charge on any atom is 0.220 e. The van der Waals surface area contributed by atoms with Gasteiger partial charge in [-0.15, -0.1) is 0 Å². The Labute approximate surface area is 94.8 Å². The molecule has 0 spiro atoms. The van der Waals surface area contributed by atoms with Gasteiger partial charge in [-0.05, 0) is 25.2 Å². The van der Waals surface area contributed by atoms with Crippen LogP contribution in [0, 0.1) is 5.92 Å². The van der Waals surface area contributed by atoms with Crippen molar-refractivity contribution in [2.75, 3.05) is 13.7 Å². The van der Waals surface area contributed by atoms with Crippen LogP contribution in [0.25, 0.3) is 0 Å². The van der Waals surface area contributed by atoms with Gasteiger partial charge in [0.15, 0.2) is 5.84 Å². The van der Waals surface area contributed by atoms with Crippen LogP contribution in [0.15, 0.2) is 5.16 Å². The zero-order valence-corrected chi connectivity index (χ0v) is 9.48. The number of oxime groups is 1. The molecule has 0 radical (unpaired) electrons. The quantitative estimate of drug-likeness (QED) is 0.189. The summed E-state index contributed by atoms with van der Waals surface area (Å²) in [5, 5.41) is 14.3. The van der Waals surface area contributed by atoms with Crippen LogP contribution in [0.4, 0.5) is 0 Å². The molecule has 0 aliphatic heterocycles. The van der Waals surface area contributed by atoms with Crippen molar-refractivity contribution in [3.63, 3.8) is 0 Å². The molecular weight excluding hydrogens is 210 g/mol. The molecule has 1 aliphatic rings.